The summed E-state index contributed by atoms with van der Waals surface area (Å²) >= 11 is 0. The van der Waals surface area contributed by atoms with E-state index >= 15 is 0 Å². The summed E-state index contributed by atoms with van der Waals surface area (Å²) in [5.41, 5.74) is 0.420. The van der Waals surface area contributed by atoms with Gasteiger partial charge in [0.05, 0.1) is 19.3 Å². The summed E-state index contributed by atoms with van der Waals surface area (Å²) in [6, 6.07) is 5.89. The van der Waals surface area contributed by atoms with Crippen molar-refractivity contribution >= 4 is 5.91 Å². The molecule has 0 spiro atoms. The van der Waals surface area contributed by atoms with Crippen LogP contribution in [0, 0.1) is 5.82 Å². The van der Waals surface area contributed by atoms with Gasteiger partial charge in [0.1, 0.15) is 5.82 Å². The zero-order chi connectivity index (χ0) is 16.8. The van der Waals surface area contributed by atoms with Gasteiger partial charge in [-0.15, -0.1) is 0 Å². The molecule has 0 aliphatic carbocycles. The number of hydrogen-bond acceptors (Lipinski definition) is 4. The minimum atomic E-state index is -0.372. The highest BCUT2D eigenvalue weighted by Crippen LogP contribution is 2.12. The van der Waals surface area contributed by atoms with Crippen molar-refractivity contribution in [2.45, 2.75) is 18.9 Å². The molecule has 3 rings (SSSR count). The monoisotopic (exact) mass is 336 g/mol. The summed E-state index contributed by atoms with van der Waals surface area (Å²) in [6.07, 6.45) is 2.50. The van der Waals surface area contributed by atoms with E-state index in [0.717, 1.165) is 39.1 Å². The maximum Gasteiger partial charge on any atom is 0.254 e. The SMILES string of the molecule is O=C(c1cccc(F)c1)N1CCN(CCOCC2CCCO2)CC1. The number of hydrogen-bond donors (Lipinski definition) is 0. The summed E-state index contributed by atoms with van der Waals surface area (Å²) in [5, 5.41) is 0. The summed E-state index contributed by atoms with van der Waals surface area (Å²) < 4.78 is 24.5. The number of nitrogens with zero attached hydrogens (tertiary/aromatic N) is 2. The van der Waals surface area contributed by atoms with E-state index in [1.54, 1.807) is 17.0 Å². The van der Waals surface area contributed by atoms with Crippen LogP contribution in [0.25, 0.3) is 0 Å². The van der Waals surface area contributed by atoms with Gasteiger partial charge in [0.25, 0.3) is 5.91 Å². The van der Waals surface area contributed by atoms with Crippen LogP contribution in [0.4, 0.5) is 4.39 Å². The van der Waals surface area contributed by atoms with Crippen LogP contribution < -0.4 is 0 Å². The van der Waals surface area contributed by atoms with E-state index in [1.165, 1.54) is 12.1 Å². The second kappa shape index (κ2) is 8.55. The average Bonchev–Trinajstić information content (AvgIpc) is 3.12. The first-order valence-corrected chi connectivity index (χ1v) is 8.69. The van der Waals surface area contributed by atoms with E-state index in [4.69, 9.17) is 9.47 Å². The van der Waals surface area contributed by atoms with Crippen molar-refractivity contribution in [3.05, 3.63) is 35.6 Å². The molecular weight excluding hydrogens is 311 g/mol. The first kappa shape index (κ1) is 17.3. The molecule has 2 aliphatic heterocycles. The van der Waals surface area contributed by atoms with Gasteiger partial charge in [-0.3, -0.25) is 9.69 Å². The van der Waals surface area contributed by atoms with E-state index in [0.29, 0.717) is 31.9 Å². The summed E-state index contributed by atoms with van der Waals surface area (Å²) in [6.45, 7) is 6.08. The third kappa shape index (κ3) is 4.75. The second-order valence-electron chi connectivity index (χ2n) is 6.35. The highest BCUT2D eigenvalue weighted by molar-refractivity contribution is 5.94. The molecule has 0 N–H and O–H groups in total. The maximum atomic E-state index is 13.2. The highest BCUT2D eigenvalue weighted by Gasteiger charge is 2.22. The number of carbonyl (C=O) groups is 1. The number of amides is 1. The van der Waals surface area contributed by atoms with Gasteiger partial charge in [0.15, 0.2) is 0 Å². The van der Waals surface area contributed by atoms with Crippen LogP contribution in [0.2, 0.25) is 0 Å². The smallest absolute Gasteiger partial charge is 0.254 e. The zero-order valence-electron chi connectivity index (χ0n) is 14.0. The number of rotatable bonds is 6. The van der Waals surface area contributed by atoms with Gasteiger partial charge in [-0.1, -0.05) is 6.07 Å². The molecule has 0 radical (unpaired) electrons. The molecule has 1 aromatic carbocycles. The van der Waals surface area contributed by atoms with Crippen LogP contribution in [-0.4, -0.2) is 74.4 Å². The number of ether oxygens (including phenoxy) is 2. The Morgan fingerprint density at radius 1 is 1.29 bits per heavy atom. The van der Waals surface area contributed by atoms with Crippen LogP contribution in [0.15, 0.2) is 24.3 Å². The Bertz CT molecular complexity index is 541. The second-order valence-corrected chi connectivity index (χ2v) is 6.35. The Morgan fingerprint density at radius 3 is 2.83 bits per heavy atom. The molecule has 2 aliphatic rings. The largest absolute Gasteiger partial charge is 0.377 e. The van der Waals surface area contributed by atoms with E-state index in [9.17, 15) is 9.18 Å². The van der Waals surface area contributed by atoms with E-state index in [2.05, 4.69) is 4.90 Å². The van der Waals surface area contributed by atoms with E-state index < -0.39 is 0 Å². The highest BCUT2D eigenvalue weighted by atomic mass is 19.1. The van der Waals surface area contributed by atoms with Gasteiger partial charge < -0.3 is 14.4 Å². The molecule has 0 bridgehead atoms. The molecule has 0 aromatic heterocycles. The normalized spacial score (nSPS) is 22.0. The average molecular weight is 336 g/mol. The summed E-state index contributed by atoms with van der Waals surface area (Å²) in [7, 11) is 0. The molecule has 132 valence electrons. The minimum Gasteiger partial charge on any atom is -0.377 e. The molecule has 1 unspecified atom stereocenters. The molecule has 1 amide bonds. The lowest BCUT2D eigenvalue weighted by Crippen LogP contribution is -2.49. The molecule has 1 aromatic rings. The Hall–Kier alpha value is -1.50. The van der Waals surface area contributed by atoms with Gasteiger partial charge in [0.2, 0.25) is 0 Å². The molecule has 6 heteroatoms. The zero-order valence-corrected chi connectivity index (χ0v) is 14.0. The molecule has 0 saturated carbocycles. The maximum absolute atomic E-state index is 13.2. The lowest BCUT2D eigenvalue weighted by Gasteiger charge is -2.34. The van der Waals surface area contributed by atoms with Crippen molar-refractivity contribution in [2.24, 2.45) is 0 Å². The number of carbonyl (C=O) groups excluding carboxylic acids is 1. The molecule has 2 fully saturated rings. The van der Waals surface area contributed by atoms with Gasteiger partial charge in [0, 0.05) is 44.9 Å². The van der Waals surface area contributed by atoms with Gasteiger partial charge in [-0.25, -0.2) is 4.39 Å². The van der Waals surface area contributed by atoms with Gasteiger partial charge >= 0.3 is 0 Å². The van der Waals surface area contributed by atoms with Gasteiger partial charge in [-0.2, -0.15) is 0 Å². The fourth-order valence-electron chi connectivity index (χ4n) is 3.16. The van der Waals surface area contributed by atoms with Crippen LogP contribution >= 0.6 is 0 Å². The molecule has 1 atom stereocenters. The molecular formula is C18H25FN2O3. The van der Waals surface area contributed by atoms with Crippen molar-refractivity contribution in [3.63, 3.8) is 0 Å². The number of halogens is 1. The third-order valence-electron chi connectivity index (χ3n) is 4.61. The number of piperazine rings is 1. The van der Waals surface area contributed by atoms with Crippen LogP contribution in [0.3, 0.4) is 0 Å². The lowest BCUT2D eigenvalue weighted by atomic mass is 10.1. The molecule has 5 nitrogen and oxygen atoms in total. The fourth-order valence-corrected chi connectivity index (χ4v) is 3.16. The van der Waals surface area contributed by atoms with Crippen molar-refractivity contribution in [1.29, 1.82) is 0 Å². The predicted octanol–water partition coefficient (Wildman–Crippen LogP) is 1.78. The Balaban J connectivity index is 1.35. The van der Waals surface area contributed by atoms with E-state index in [-0.39, 0.29) is 17.8 Å². The van der Waals surface area contributed by atoms with Crippen molar-refractivity contribution in [3.8, 4) is 0 Å². The lowest BCUT2D eigenvalue weighted by molar-refractivity contribution is 0.00657. The first-order chi connectivity index (χ1) is 11.7. The summed E-state index contributed by atoms with van der Waals surface area (Å²) in [4.78, 5) is 16.5. The standard InChI is InChI=1S/C18H25FN2O3/c19-16-4-1-3-15(13-16)18(22)21-8-6-20(7-9-21)10-12-23-14-17-5-2-11-24-17/h1,3-4,13,17H,2,5-12,14H2. The van der Waals surface area contributed by atoms with Crippen molar-refractivity contribution in [2.75, 3.05) is 52.5 Å². The summed E-state index contributed by atoms with van der Waals surface area (Å²) in [5.74, 6) is -0.466. The van der Waals surface area contributed by atoms with E-state index in [1.807, 2.05) is 0 Å². The van der Waals surface area contributed by atoms with Crippen LogP contribution in [0.1, 0.15) is 23.2 Å². The topological polar surface area (TPSA) is 42.0 Å². The third-order valence-corrected chi connectivity index (χ3v) is 4.61. The minimum absolute atomic E-state index is 0.0937. The van der Waals surface area contributed by atoms with Crippen LogP contribution in [-0.2, 0) is 9.47 Å². The van der Waals surface area contributed by atoms with Crippen molar-refractivity contribution < 1.29 is 18.7 Å². The van der Waals surface area contributed by atoms with Gasteiger partial charge in [-0.05, 0) is 31.0 Å². The quantitative estimate of drug-likeness (QED) is 0.743. The Kier molecular flexibility index (Phi) is 6.18. The number of benzene rings is 1. The first-order valence-electron chi connectivity index (χ1n) is 8.69. The van der Waals surface area contributed by atoms with Crippen molar-refractivity contribution in [1.82, 2.24) is 9.80 Å². The molecule has 2 saturated heterocycles. The Labute approximate surface area is 142 Å². The molecule has 24 heavy (non-hydrogen) atoms. The molecule has 2 heterocycles. The predicted molar refractivity (Wildman–Crippen MR) is 88.5 cm³/mol. The van der Waals surface area contributed by atoms with Crippen LogP contribution in [0.5, 0.6) is 0 Å². The fraction of sp³-hybridized carbons (Fsp3) is 0.611. The Morgan fingerprint density at radius 2 is 2.12 bits per heavy atom.